The van der Waals surface area contributed by atoms with Crippen molar-refractivity contribution in [3.8, 4) is 11.1 Å². The molecule has 1 aliphatic rings. The highest BCUT2D eigenvalue weighted by molar-refractivity contribution is 7.74. The number of ether oxygens (including phenoxy) is 1. The van der Waals surface area contributed by atoms with E-state index in [0.717, 1.165) is 4.31 Å². The molecule has 35 heavy (non-hydrogen) atoms. The second kappa shape index (κ2) is 10.1. The summed E-state index contributed by atoms with van der Waals surface area (Å²) in [6.07, 6.45) is 2.00. The monoisotopic (exact) mass is 501 g/mol. The smallest absolute Gasteiger partial charge is 0.414 e. The molecule has 4 rings (SSSR count). The van der Waals surface area contributed by atoms with Crippen molar-refractivity contribution < 1.29 is 27.1 Å². The van der Waals surface area contributed by atoms with Crippen LogP contribution in [0.2, 0.25) is 0 Å². The third-order valence-electron chi connectivity index (χ3n) is 5.47. The van der Waals surface area contributed by atoms with E-state index >= 15 is 0 Å². The Morgan fingerprint density at radius 1 is 1.26 bits per heavy atom. The summed E-state index contributed by atoms with van der Waals surface area (Å²) in [6.45, 7) is 1.84. The molecular weight excluding hydrogens is 477 g/mol. The Balaban J connectivity index is 1.47. The molecule has 1 aliphatic heterocycles. The number of aryl methyl sites for hydroxylation is 1. The van der Waals surface area contributed by atoms with E-state index in [-0.39, 0.29) is 25.5 Å². The number of amides is 2. The number of aromatic nitrogens is 2. The van der Waals surface area contributed by atoms with Crippen LogP contribution in [0.4, 0.5) is 20.7 Å². The van der Waals surface area contributed by atoms with Gasteiger partial charge in [-0.1, -0.05) is 24.3 Å². The van der Waals surface area contributed by atoms with Crippen molar-refractivity contribution in [2.24, 2.45) is 7.05 Å². The van der Waals surface area contributed by atoms with Crippen molar-refractivity contribution in [1.29, 1.82) is 0 Å². The first-order valence-electron chi connectivity index (χ1n) is 10.7. The summed E-state index contributed by atoms with van der Waals surface area (Å²) in [5.41, 5.74) is 1.99. The molecular formula is C23H24FN5O5S. The number of halogens is 1. The van der Waals surface area contributed by atoms with Crippen molar-refractivity contribution >= 4 is 34.4 Å². The molecule has 1 N–H and O–H groups in total. The van der Waals surface area contributed by atoms with Crippen LogP contribution >= 0.6 is 0 Å². The maximum Gasteiger partial charge on any atom is 0.414 e. The Hall–Kier alpha value is -3.93. The van der Waals surface area contributed by atoms with E-state index in [0.29, 0.717) is 28.2 Å². The van der Waals surface area contributed by atoms with E-state index in [1.165, 1.54) is 24.2 Å². The Kier molecular flexibility index (Phi) is 7.01. The average molecular weight is 502 g/mol. The van der Waals surface area contributed by atoms with Gasteiger partial charge in [0.05, 0.1) is 31.6 Å². The summed E-state index contributed by atoms with van der Waals surface area (Å²) in [4.78, 5) is 28.7. The van der Waals surface area contributed by atoms with Crippen LogP contribution in [-0.4, -0.2) is 49.2 Å². The van der Waals surface area contributed by atoms with Gasteiger partial charge in [0.2, 0.25) is 16.8 Å². The third-order valence-corrected chi connectivity index (χ3v) is 6.21. The third kappa shape index (κ3) is 5.60. The molecule has 3 aromatic rings. The van der Waals surface area contributed by atoms with Gasteiger partial charge in [-0.05, 0) is 29.3 Å². The fraction of sp³-hybridized carbons (Fsp3) is 0.261. The van der Waals surface area contributed by atoms with Crippen LogP contribution in [0.5, 0.6) is 0 Å². The summed E-state index contributed by atoms with van der Waals surface area (Å²) < 4.78 is 46.4. The molecule has 0 aliphatic carbocycles. The van der Waals surface area contributed by atoms with Gasteiger partial charge in [0, 0.05) is 25.7 Å². The standard InChI is InChI=1S/C23H24FN5O5S/c1-15(30)25-10-19-12-28(23(31)34-19)18-7-8-20(21(24)9-18)17-5-3-16(4-6-17)11-29(35(32)33)22-13-27(2)14-26-22/h3-9,13-14,19,35H,10-12H2,1-2H3,(H,25,30). The van der Waals surface area contributed by atoms with Gasteiger partial charge < -0.3 is 14.6 Å². The summed E-state index contributed by atoms with van der Waals surface area (Å²) in [5, 5.41) is 2.60. The number of carbonyl (C=O) groups excluding carboxylic acids is 2. The molecule has 1 fully saturated rings. The minimum Gasteiger partial charge on any atom is -0.442 e. The number of cyclic esters (lactones) is 1. The van der Waals surface area contributed by atoms with E-state index in [9.17, 15) is 22.4 Å². The van der Waals surface area contributed by atoms with Crippen molar-refractivity contribution in [3.05, 3.63) is 66.4 Å². The second-order valence-corrected chi connectivity index (χ2v) is 9.07. The number of nitrogens with zero attached hydrogens (tertiary/aromatic N) is 4. The van der Waals surface area contributed by atoms with Gasteiger partial charge >= 0.3 is 6.09 Å². The Bertz CT molecular complexity index is 1320. The molecule has 0 spiro atoms. The Morgan fingerprint density at radius 2 is 2.00 bits per heavy atom. The summed E-state index contributed by atoms with van der Waals surface area (Å²) in [5.74, 6) is -0.438. The lowest BCUT2D eigenvalue weighted by Crippen LogP contribution is -2.33. The van der Waals surface area contributed by atoms with Crippen LogP contribution in [0, 0.1) is 5.82 Å². The van der Waals surface area contributed by atoms with E-state index in [1.54, 1.807) is 54.2 Å². The zero-order valence-electron chi connectivity index (χ0n) is 19.1. The van der Waals surface area contributed by atoms with Crippen molar-refractivity contribution in [3.63, 3.8) is 0 Å². The van der Waals surface area contributed by atoms with Crippen LogP contribution in [0.25, 0.3) is 11.1 Å². The fourth-order valence-electron chi connectivity index (χ4n) is 3.72. The van der Waals surface area contributed by atoms with Gasteiger partial charge in [-0.25, -0.2) is 22.6 Å². The number of hydrogen-bond acceptors (Lipinski definition) is 6. The van der Waals surface area contributed by atoms with Crippen molar-refractivity contribution in [2.75, 3.05) is 22.3 Å². The zero-order chi connectivity index (χ0) is 25.1. The molecule has 12 heteroatoms. The molecule has 0 bridgehead atoms. The van der Waals surface area contributed by atoms with E-state index in [4.69, 9.17) is 4.74 Å². The molecule has 2 aromatic carbocycles. The predicted octanol–water partition coefficient (Wildman–Crippen LogP) is 2.22. The maximum absolute atomic E-state index is 15.0. The summed E-state index contributed by atoms with van der Waals surface area (Å²) >= 11 is 0. The lowest BCUT2D eigenvalue weighted by atomic mass is 10.0. The van der Waals surface area contributed by atoms with Gasteiger partial charge in [-0.3, -0.25) is 14.0 Å². The number of rotatable bonds is 8. The Labute approximate surface area is 203 Å². The molecule has 1 unspecified atom stereocenters. The maximum atomic E-state index is 15.0. The highest BCUT2D eigenvalue weighted by Gasteiger charge is 2.32. The SMILES string of the molecule is CC(=O)NCC1CN(c2ccc(-c3ccc(CN(c4cn(C)cn4)[SH](=O)=O)cc3)c(F)c2)C(=O)O1. The first-order valence-corrected chi connectivity index (χ1v) is 11.9. The van der Waals surface area contributed by atoms with Gasteiger partial charge in [0.25, 0.3) is 0 Å². The number of benzene rings is 2. The van der Waals surface area contributed by atoms with Crippen LogP contribution in [0.1, 0.15) is 12.5 Å². The number of anilines is 2. The molecule has 1 saturated heterocycles. The highest BCUT2D eigenvalue weighted by atomic mass is 32.2. The predicted molar refractivity (Wildman–Crippen MR) is 128 cm³/mol. The number of carbonyl (C=O) groups is 2. The first-order chi connectivity index (χ1) is 16.7. The molecule has 0 saturated carbocycles. The molecule has 2 amide bonds. The number of nitrogens with one attached hydrogen (secondary N) is 1. The number of hydrogen-bond donors (Lipinski definition) is 2. The van der Waals surface area contributed by atoms with Gasteiger partial charge in [-0.2, -0.15) is 0 Å². The molecule has 10 nitrogen and oxygen atoms in total. The largest absolute Gasteiger partial charge is 0.442 e. The first kappa shape index (κ1) is 24.2. The van der Waals surface area contributed by atoms with E-state index in [1.807, 2.05) is 0 Å². The summed E-state index contributed by atoms with van der Waals surface area (Å²) in [6, 6.07) is 11.3. The summed E-state index contributed by atoms with van der Waals surface area (Å²) in [7, 11) is -1.15. The highest BCUT2D eigenvalue weighted by Crippen LogP contribution is 2.29. The fourth-order valence-corrected chi connectivity index (χ4v) is 4.27. The topological polar surface area (TPSA) is 114 Å². The quantitative estimate of drug-likeness (QED) is 0.458. The normalized spacial score (nSPS) is 15.4. The minimum atomic E-state index is -2.89. The Morgan fingerprint density at radius 3 is 2.60 bits per heavy atom. The number of thiol groups is 1. The van der Waals surface area contributed by atoms with E-state index in [2.05, 4.69) is 10.3 Å². The second-order valence-electron chi connectivity index (χ2n) is 8.11. The van der Waals surface area contributed by atoms with Gasteiger partial charge in [0.15, 0.2) is 5.82 Å². The van der Waals surface area contributed by atoms with Crippen LogP contribution in [-0.2, 0) is 34.0 Å². The molecule has 1 aromatic heterocycles. The van der Waals surface area contributed by atoms with E-state index < -0.39 is 28.9 Å². The van der Waals surface area contributed by atoms with Crippen molar-refractivity contribution in [1.82, 2.24) is 14.9 Å². The number of imidazole rings is 1. The van der Waals surface area contributed by atoms with Crippen molar-refractivity contribution in [2.45, 2.75) is 19.6 Å². The lowest BCUT2D eigenvalue weighted by molar-refractivity contribution is -0.119. The molecule has 0 radical (unpaired) electrons. The van der Waals surface area contributed by atoms with Gasteiger partial charge in [0.1, 0.15) is 11.9 Å². The zero-order valence-corrected chi connectivity index (χ0v) is 19.9. The van der Waals surface area contributed by atoms with Gasteiger partial charge in [-0.15, -0.1) is 0 Å². The van der Waals surface area contributed by atoms with Crippen LogP contribution < -0.4 is 14.5 Å². The average Bonchev–Trinajstić information content (AvgIpc) is 3.41. The van der Waals surface area contributed by atoms with Crippen LogP contribution in [0.15, 0.2) is 55.0 Å². The van der Waals surface area contributed by atoms with Crippen LogP contribution in [0.3, 0.4) is 0 Å². The molecule has 1 atom stereocenters. The molecule has 184 valence electrons. The molecule has 2 heterocycles. The minimum absolute atomic E-state index is 0.0914. The lowest BCUT2D eigenvalue weighted by Gasteiger charge is -2.16.